The van der Waals surface area contributed by atoms with E-state index in [1.165, 1.54) is 65.7 Å². The van der Waals surface area contributed by atoms with Crippen molar-refractivity contribution >= 4 is 43.6 Å². The number of benzene rings is 6. The van der Waals surface area contributed by atoms with Gasteiger partial charge in [0.1, 0.15) is 0 Å². The van der Waals surface area contributed by atoms with Crippen LogP contribution in [0, 0.1) is 5.92 Å². The molecule has 1 aromatic heterocycles. The number of aromatic nitrogens is 1. The molecule has 1 aliphatic rings. The number of hydrogen-bond acceptors (Lipinski definition) is 2. The van der Waals surface area contributed by atoms with E-state index in [4.69, 9.17) is 4.99 Å². The van der Waals surface area contributed by atoms with Gasteiger partial charge in [0.25, 0.3) is 0 Å². The van der Waals surface area contributed by atoms with E-state index >= 15 is 0 Å². The lowest BCUT2D eigenvalue weighted by atomic mass is 9.83. The van der Waals surface area contributed by atoms with Crippen LogP contribution in [0.3, 0.4) is 0 Å². The molecule has 7 aromatic rings. The topological polar surface area (TPSA) is 25.2 Å². The molecule has 0 N–H and O–H groups in total. The van der Waals surface area contributed by atoms with E-state index < -0.39 is 0 Å². The van der Waals surface area contributed by atoms with Gasteiger partial charge in [-0.2, -0.15) is 0 Å². The molecule has 50 heavy (non-hydrogen) atoms. The largest absolute Gasteiger partial charge is 0.284 e. The van der Waals surface area contributed by atoms with Crippen molar-refractivity contribution in [2.24, 2.45) is 10.9 Å². The molecule has 0 radical (unpaired) electrons. The first-order valence-electron chi connectivity index (χ1n) is 17.6. The van der Waals surface area contributed by atoms with Gasteiger partial charge in [0.05, 0.1) is 5.71 Å². The lowest BCUT2D eigenvalue weighted by Gasteiger charge is -2.21. The minimum absolute atomic E-state index is 0.329. The van der Waals surface area contributed by atoms with Crippen LogP contribution in [-0.4, -0.2) is 17.2 Å². The molecular formula is C48H40N2. The number of fused-ring (bicyclic) bond motifs is 3. The first-order valence-corrected chi connectivity index (χ1v) is 17.6. The van der Waals surface area contributed by atoms with Crippen molar-refractivity contribution in [3.05, 3.63) is 181 Å². The highest BCUT2D eigenvalue weighted by Crippen LogP contribution is 2.44. The van der Waals surface area contributed by atoms with Gasteiger partial charge < -0.3 is 0 Å². The normalized spacial score (nSPS) is 14.6. The van der Waals surface area contributed by atoms with Crippen LogP contribution in [0.2, 0.25) is 0 Å². The van der Waals surface area contributed by atoms with Gasteiger partial charge in [0.15, 0.2) is 0 Å². The molecule has 0 amide bonds. The summed E-state index contributed by atoms with van der Waals surface area (Å²) in [5.41, 5.74) is 10.6. The second-order valence-corrected chi connectivity index (χ2v) is 13.7. The first kappa shape index (κ1) is 31.4. The molecule has 0 aliphatic heterocycles. The van der Waals surface area contributed by atoms with Crippen molar-refractivity contribution in [1.29, 1.82) is 0 Å². The maximum atomic E-state index is 5.19. The molecular weight excluding hydrogens is 605 g/mol. The molecule has 0 fully saturated rings. The third-order valence-corrected chi connectivity index (χ3v) is 9.99. The Balaban J connectivity index is 1.15. The number of allylic oxidation sites excluding steroid dienone is 5. The maximum absolute atomic E-state index is 5.19. The van der Waals surface area contributed by atoms with Crippen molar-refractivity contribution in [1.82, 2.24) is 4.98 Å². The van der Waals surface area contributed by atoms with E-state index in [0.717, 1.165) is 29.8 Å². The van der Waals surface area contributed by atoms with Gasteiger partial charge in [-0.3, -0.25) is 9.98 Å². The number of rotatable bonds is 8. The zero-order valence-corrected chi connectivity index (χ0v) is 28.7. The van der Waals surface area contributed by atoms with Crippen molar-refractivity contribution in [3.63, 3.8) is 0 Å². The highest BCUT2D eigenvalue weighted by Gasteiger charge is 2.20. The van der Waals surface area contributed by atoms with E-state index in [0.29, 0.717) is 11.8 Å². The molecule has 6 aromatic carbocycles. The van der Waals surface area contributed by atoms with Gasteiger partial charge in [-0.25, -0.2) is 0 Å². The van der Waals surface area contributed by atoms with Crippen LogP contribution >= 0.6 is 0 Å². The van der Waals surface area contributed by atoms with Crippen LogP contribution in [0.5, 0.6) is 0 Å². The Hall–Kier alpha value is -5.86. The smallest absolute Gasteiger partial charge is 0.0641 e. The van der Waals surface area contributed by atoms with Crippen LogP contribution in [0.1, 0.15) is 37.3 Å². The van der Waals surface area contributed by atoms with Gasteiger partial charge in [0.2, 0.25) is 0 Å². The standard InChI is InChI=1S/C48H40N2/c1-32(2)29-39(35-21-19-34(20-22-35)36-25-27-49-28-26-36)31-50-46-24-23-38(30-33(46)3)47-42-14-6-8-16-44(42)48(45-17-9-7-15-43(45)47)41-18-10-12-37-11-4-5-13-40(37)41/h4-28,30,32,39H,3,29,31H2,1-2H3/b50-46-. The zero-order valence-electron chi connectivity index (χ0n) is 28.7. The Morgan fingerprint density at radius 3 is 1.82 bits per heavy atom. The van der Waals surface area contributed by atoms with Crippen LogP contribution < -0.4 is 0 Å². The van der Waals surface area contributed by atoms with Crippen LogP contribution in [-0.2, 0) is 0 Å². The Morgan fingerprint density at radius 2 is 1.18 bits per heavy atom. The summed E-state index contributed by atoms with van der Waals surface area (Å²) >= 11 is 0. The molecule has 8 rings (SSSR count). The summed E-state index contributed by atoms with van der Waals surface area (Å²) in [6.07, 6.45) is 11.4. The summed E-state index contributed by atoms with van der Waals surface area (Å²) in [6.45, 7) is 9.83. The minimum Gasteiger partial charge on any atom is -0.284 e. The average molecular weight is 645 g/mol. The predicted molar refractivity (Wildman–Crippen MR) is 215 cm³/mol. The summed E-state index contributed by atoms with van der Waals surface area (Å²) in [5.74, 6) is 0.894. The monoisotopic (exact) mass is 644 g/mol. The van der Waals surface area contributed by atoms with Crippen molar-refractivity contribution in [2.75, 3.05) is 6.54 Å². The average Bonchev–Trinajstić information content (AvgIpc) is 3.16. The fourth-order valence-corrected chi connectivity index (χ4v) is 7.65. The fraction of sp³-hybridized carbons (Fsp3) is 0.125. The molecule has 0 bridgehead atoms. The molecule has 242 valence electrons. The SMILES string of the molecule is C=C1C=C(c2c3ccccc3c(-c3cccc4ccccc34)c3ccccc23)C=C/C1=N/CC(CC(C)C)c1ccc(-c2ccncc2)cc1. The minimum atomic E-state index is 0.329. The van der Waals surface area contributed by atoms with Crippen LogP contribution in [0.15, 0.2) is 175 Å². The summed E-state index contributed by atoms with van der Waals surface area (Å²) in [7, 11) is 0. The van der Waals surface area contributed by atoms with Crippen molar-refractivity contribution in [2.45, 2.75) is 26.2 Å². The van der Waals surface area contributed by atoms with Crippen LogP contribution in [0.25, 0.3) is 60.1 Å². The molecule has 1 unspecified atom stereocenters. The quantitative estimate of drug-likeness (QED) is 0.151. The second-order valence-electron chi connectivity index (χ2n) is 13.7. The molecule has 1 atom stereocenters. The van der Waals surface area contributed by atoms with Crippen LogP contribution in [0.4, 0.5) is 0 Å². The van der Waals surface area contributed by atoms with E-state index in [1.807, 2.05) is 12.4 Å². The summed E-state index contributed by atoms with van der Waals surface area (Å²) in [5, 5.41) is 7.51. The molecule has 0 saturated heterocycles. The van der Waals surface area contributed by atoms with Crippen molar-refractivity contribution < 1.29 is 0 Å². The molecule has 1 heterocycles. The predicted octanol–water partition coefficient (Wildman–Crippen LogP) is 12.7. The summed E-state index contributed by atoms with van der Waals surface area (Å²) < 4.78 is 0. The Labute approximate surface area is 294 Å². The van der Waals surface area contributed by atoms with Crippen molar-refractivity contribution in [3.8, 4) is 22.3 Å². The van der Waals surface area contributed by atoms with Gasteiger partial charge in [-0.05, 0) is 113 Å². The van der Waals surface area contributed by atoms with Gasteiger partial charge in [-0.15, -0.1) is 0 Å². The molecule has 1 aliphatic carbocycles. The third kappa shape index (κ3) is 5.99. The van der Waals surface area contributed by atoms with Gasteiger partial charge in [0, 0.05) is 24.9 Å². The van der Waals surface area contributed by atoms with E-state index in [9.17, 15) is 0 Å². The number of aliphatic imine (C=N–C) groups is 1. The van der Waals surface area contributed by atoms with Gasteiger partial charge in [-0.1, -0.05) is 142 Å². The highest BCUT2D eigenvalue weighted by atomic mass is 14.7. The molecule has 0 spiro atoms. The number of nitrogens with zero attached hydrogens (tertiary/aromatic N) is 2. The van der Waals surface area contributed by atoms with E-state index in [-0.39, 0.29) is 0 Å². The Morgan fingerprint density at radius 1 is 0.600 bits per heavy atom. The number of hydrogen-bond donors (Lipinski definition) is 0. The Kier molecular flexibility index (Phi) is 8.52. The summed E-state index contributed by atoms with van der Waals surface area (Å²) in [4.78, 5) is 9.35. The van der Waals surface area contributed by atoms with Gasteiger partial charge >= 0.3 is 0 Å². The maximum Gasteiger partial charge on any atom is 0.0641 e. The lowest BCUT2D eigenvalue weighted by Crippen LogP contribution is -2.10. The summed E-state index contributed by atoms with van der Waals surface area (Å²) in [6, 6.07) is 46.1. The molecule has 0 saturated carbocycles. The lowest BCUT2D eigenvalue weighted by molar-refractivity contribution is 0.505. The van der Waals surface area contributed by atoms with E-state index in [1.54, 1.807) is 0 Å². The molecule has 2 heteroatoms. The van der Waals surface area contributed by atoms with E-state index in [2.05, 4.69) is 171 Å². The third-order valence-electron chi connectivity index (χ3n) is 9.99. The number of pyridine rings is 1. The zero-order chi connectivity index (χ0) is 34.0. The second kappa shape index (κ2) is 13.6. The highest BCUT2D eigenvalue weighted by molar-refractivity contribution is 6.23. The molecule has 2 nitrogen and oxygen atoms in total. The Bertz CT molecular complexity index is 2400. The fourth-order valence-electron chi connectivity index (χ4n) is 7.65. The first-order chi connectivity index (χ1) is 24.5.